The van der Waals surface area contributed by atoms with Gasteiger partial charge in [-0.15, -0.1) is 0 Å². The highest BCUT2D eigenvalue weighted by molar-refractivity contribution is 7.90. The molecule has 8 heteroatoms. The molecule has 1 heterocycles. The Morgan fingerprint density at radius 1 is 1.25 bits per heavy atom. The zero-order chi connectivity index (χ0) is 17.7. The third-order valence-electron chi connectivity index (χ3n) is 3.54. The summed E-state index contributed by atoms with van der Waals surface area (Å²) in [5.74, 6) is 0.670. The minimum absolute atomic E-state index is 0.366. The first-order valence-electron chi connectivity index (χ1n) is 7.51. The van der Waals surface area contributed by atoms with Crippen LogP contribution in [-0.4, -0.2) is 37.5 Å². The highest BCUT2D eigenvalue weighted by Gasteiger charge is 2.11. The second-order valence-electron chi connectivity index (χ2n) is 5.67. The van der Waals surface area contributed by atoms with E-state index in [1.54, 1.807) is 30.9 Å². The number of nitrogens with zero attached hydrogens (tertiary/aromatic N) is 3. The summed E-state index contributed by atoms with van der Waals surface area (Å²) in [6, 6.07) is 5.33. The lowest BCUT2D eigenvalue weighted by Gasteiger charge is -2.12. The van der Waals surface area contributed by atoms with Crippen molar-refractivity contribution < 1.29 is 8.42 Å². The molecule has 0 bridgehead atoms. The molecule has 24 heavy (non-hydrogen) atoms. The van der Waals surface area contributed by atoms with Crippen molar-refractivity contribution in [3.05, 3.63) is 47.3 Å². The Bertz CT molecular complexity index is 840. The first-order valence-corrected chi connectivity index (χ1v) is 9.40. The van der Waals surface area contributed by atoms with Crippen LogP contribution in [0.4, 0.5) is 0 Å². The summed E-state index contributed by atoms with van der Waals surface area (Å²) < 4.78 is 25.0. The van der Waals surface area contributed by atoms with Crippen molar-refractivity contribution in [2.24, 2.45) is 12.0 Å². The summed E-state index contributed by atoms with van der Waals surface area (Å²) in [5, 5.41) is 10.5. The van der Waals surface area contributed by atoms with Crippen molar-refractivity contribution in [3.8, 4) is 0 Å². The van der Waals surface area contributed by atoms with E-state index in [2.05, 4.69) is 20.7 Å². The van der Waals surface area contributed by atoms with Gasteiger partial charge in [0.1, 0.15) is 0 Å². The van der Waals surface area contributed by atoms with Crippen LogP contribution in [0.1, 0.15) is 16.7 Å². The third-order valence-corrected chi connectivity index (χ3v) is 4.80. The van der Waals surface area contributed by atoms with Crippen LogP contribution in [0.5, 0.6) is 0 Å². The molecule has 2 N–H and O–H groups in total. The van der Waals surface area contributed by atoms with Crippen molar-refractivity contribution in [2.45, 2.75) is 24.9 Å². The number of aromatic nitrogens is 2. The fourth-order valence-electron chi connectivity index (χ4n) is 2.39. The van der Waals surface area contributed by atoms with E-state index in [0.717, 1.165) is 16.7 Å². The molecule has 0 unspecified atom stereocenters. The lowest BCUT2D eigenvalue weighted by Crippen LogP contribution is -2.36. The molecular weight excluding hydrogens is 326 g/mol. The van der Waals surface area contributed by atoms with Crippen LogP contribution in [0.25, 0.3) is 0 Å². The Morgan fingerprint density at radius 2 is 1.92 bits per heavy atom. The number of aliphatic imine (C=N–C) groups is 1. The second-order valence-corrected chi connectivity index (χ2v) is 7.66. The minimum atomic E-state index is -3.19. The Kier molecular flexibility index (Phi) is 5.61. The number of sulfone groups is 1. The molecule has 2 aromatic rings. The smallest absolute Gasteiger partial charge is 0.191 e. The van der Waals surface area contributed by atoms with Gasteiger partial charge in [-0.2, -0.15) is 5.10 Å². The molecule has 2 rings (SSSR count). The summed E-state index contributed by atoms with van der Waals surface area (Å²) in [4.78, 5) is 4.54. The highest BCUT2D eigenvalue weighted by atomic mass is 32.2. The lowest BCUT2D eigenvalue weighted by molar-refractivity contribution is 0.601. The van der Waals surface area contributed by atoms with E-state index >= 15 is 0 Å². The van der Waals surface area contributed by atoms with Gasteiger partial charge in [-0.3, -0.25) is 9.67 Å². The van der Waals surface area contributed by atoms with E-state index in [-0.39, 0.29) is 0 Å². The molecule has 7 nitrogen and oxygen atoms in total. The van der Waals surface area contributed by atoms with Gasteiger partial charge in [0, 0.05) is 45.2 Å². The van der Waals surface area contributed by atoms with Crippen LogP contribution in [0.15, 0.2) is 40.5 Å². The summed E-state index contributed by atoms with van der Waals surface area (Å²) in [5.41, 5.74) is 2.80. The molecule has 0 amide bonds. The normalized spacial score (nSPS) is 12.2. The van der Waals surface area contributed by atoms with Crippen LogP contribution in [0.3, 0.4) is 0 Å². The third kappa shape index (κ3) is 4.82. The van der Waals surface area contributed by atoms with Crippen molar-refractivity contribution >= 4 is 15.8 Å². The number of aryl methyl sites for hydroxylation is 2. The maximum atomic E-state index is 11.6. The molecule has 0 aliphatic heterocycles. The molecular formula is C16H23N5O2S. The topological polar surface area (TPSA) is 88.4 Å². The quantitative estimate of drug-likeness (QED) is 0.621. The van der Waals surface area contributed by atoms with Crippen molar-refractivity contribution in [3.63, 3.8) is 0 Å². The predicted octanol–water partition coefficient (Wildman–Crippen LogP) is 0.997. The van der Waals surface area contributed by atoms with E-state index in [0.29, 0.717) is 23.9 Å². The van der Waals surface area contributed by atoms with Gasteiger partial charge < -0.3 is 10.6 Å². The van der Waals surface area contributed by atoms with Crippen LogP contribution in [0, 0.1) is 6.92 Å². The van der Waals surface area contributed by atoms with Gasteiger partial charge in [0.25, 0.3) is 0 Å². The van der Waals surface area contributed by atoms with Crippen LogP contribution < -0.4 is 10.6 Å². The highest BCUT2D eigenvalue weighted by Crippen LogP contribution is 2.16. The summed E-state index contributed by atoms with van der Waals surface area (Å²) in [6.45, 7) is 2.98. The van der Waals surface area contributed by atoms with Gasteiger partial charge in [0.05, 0.1) is 11.1 Å². The fourth-order valence-corrected chi connectivity index (χ4v) is 3.35. The summed E-state index contributed by atoms with van der Waals surface area (Å²) in [6.07, 6.45) is 4.96. The van der Waals surface area contributed by atoms with Gasteiger partial charge in [-0.25, -0.2) is 8.42 Å². The second kappa shape index (κ2) is 7.48. The average Bonchev–Trinajstić information content (AvgIpc) is 2.92. The van der Waals surface area contributed by atoms with E-state index in [4.69, 9.17) is 0 Å². The monoisotopic (exact) mass is 349 g/mol. The summed E-state index contributed by atoms with van der Waals surface area (Å²) >= 11 is 0. The predicted molar refractivity (Wildman–Crippen MR) is 94.5 cm³/mol. The van der Waals surface area contributed by atoms with E-state index in [1.807, 2.05) is 25.4 Å². The first-order chi connectivity index (χ1) is 11.3. The minimum Gasteiger partial charge on any atom is -0.352 e. The average molecular weight is 349 g/mol. The number of nitrogens with one attached hydrogen (secondary N) is 2. The fraction of sp³-hybridized carbons (Fsp3) is 0.375. The van der Waals surface area contributed by atoms with Crippen LogP contribution in [0.2, 0.25) is 0 Å². The van der Waals surface area contributed by atoms with Gasteiger partial charge in [-0.05, 0) is 24.1 Å². The number of hydrogen-bond acceptors (Lipinski definition) is 4. The number of rotatable bonds is 5. The van der Waals surface area contributed by atoms with Gasteiger partial charge in [0.2, 0.25) is 0 Å². The molecule has 0 aliphatic rings. The van der Waals surface area contributed by atoms with Crippen molar-refractivity contribution in [2.75, 3.05) is 13.3 Å². The SMILES string of the molecule is CN=C(NCc1ccc(S(C)(=O)=O)c(C)c1)NCc1cnn(C)c1. The van der Waals surface area contributed by atoms with E-state index in [9.17, 15) is 8.42 Å². The molecule has 0 radical (unpaired) electrons. The van der Waals surface area contributed by atoms with E-state index < -0.39 is 9.84 Å². The zero-order valence-corrected chi connectivity index (χ0v) is 15.2. The molecule has 130 valence electrons. The molecule has 0 aliphatic carbocycles. The standard InChI is InChI=1S/C16H23N5O2S/c1-12-7-13(5-6-15(12)24(4,22)23)8-18-16(17-2)19-9-14-10-20-21(3)11-14/h5-7,10-11H,8-9H2,1-4H3,(H2,17,18,19). The molecule has 1 aromatic carbocycles. The maximum Gasteiger partial charge on any atom is 0.191 e. The van der Waals surface area contributed by atoms with Gasteiger partial charge in [-0.1, -0.05) is 12.1 Å². The molecule has 0 saturated heterocycles. The number of guanidine groups is 1. The van der Waals surface area contributed by atoms with Crippen LogP contribution in [-0.2, 0) is 30.0 Å². The first kappa shape index (κ1) is 18.0. The molecule has 0 atom stereocenters. The molecule has 0 fully saturated rings. The van der Waals surface area contributed by atoms with E-state index in [1.165, 1.54) is 6.26 Å². The van der Waals surface area contributed by atoms with Crippen molar-refractivity contribution in [1.82, 2.24) is 20.4 Å². The zero-order valence-electron chi connectivity index (χ0n) is 14.4. The molecule has 0 saturated carbocycles. The Hall–Kier alpha value is -2.35. The number of hydrogen-bond donors (Lipinski definition) is 2. The van der Waals surface area contributed by atoms with Crippen LogP contribution >= 0.6 is 0 Å². The Labute approximate surface area is 142 Å². The van der Waals surface area contributed by atoms with Gasteiger partial charge >= 0.3 is 0 Å². The Balaban J connectivity index is 1.94. The largest absolute Gasteiger partial charge is 0.352 e. The Morgan fingerprint density at radius 3 is 2.42 bits per heavy atom. The molecule has 1 aromatic heterocycles. The van der Waals surface area contributed by atoms with Crippen molar-refractivity contribution in [1.29, 1.82) is 0 Å². The maximum absolute atomic E-state index is 11.6. The summed E-state index contributed by atoms with van der Waals surface area (Å²) in [7, 11) is 0.391. The van der Waals surface area contributed by atoms with Gasteiger partial charge in [0.15, 0.2) is 15.8 Å². The number of benzene rings is 1. The molecule has 0 spiro atoms. The lowest BCUT2D eigenvalue weighted by atomic mass is 10.1.